The molecule has 1 fully saturated rings. The van der Waals surface area contributed by atoms with E-state index in [0.29, 0.717) is 30.2 Å². The van der Waals surface area contributed by atoms with E-state index in [1.54, 1.807) is 18.2 Å². The predicted molar refractivity (Wildman–Crippen MR) is 137 cm³/mol. The molecule has 11 heteroatoms. The van der Waals surface area contributed by atoms with E-state index in [9.17, 15) is 14.4 Å². The normalized spacial score (nSPS) is 15.2. The van der Waals surface area contributed by atoms with Gasteiger partial charge in [0.15, 0.2) is 23.3 Å². The lowest BCUT2D eigenvalue weighted by molar-refractivity contribution is -0.135. The molecular formula is C25H26N4O6S. The molecule has 1 heterocycles. The van der Waals surface area contributed by atoms with Crippen molar-refractivity contribution in [3.8, 4) is 11.5 Å². The lowest BCUT2D eigenvalue weighted by atomic mass is 10.1. The molecule has 0 saturated carbocycles. The van der Waals surface area contributed by atoms with Crippen LogP contribution in [-0.2, 0) is 25.5 Å². The van der Waals surface area contributed by atoms with Gasteiger partial charge >= 0.3 is 5.97 Å². The Kier molecular flexibility index (Phi) is 10.1. The molecule has 0 aromatic heterocycles. The third-order valence-electron chi connectivity index (χ3n) is 4.66. The van der Waals surface area contributed by atoms with E-state index in [1.165, 1.54) is 13.3 Å². The Labute approximate surface area is 212 Å². The molecule has 36 heavy (non-hydrogen) atoms. The molecule has 1 aliphatic rings. The number of methoxy groups -OCH3 is 1. The third kappa shape index (κ3) is 8.27. The topological polar surface area (TPSA) is 128 Å². The predicted octanol–water partition coefficient (Wildman–Crippen LogP) is 2.43. The fraction of sp³-hybridized carbons (Fsp3) is 0.240. The van der Waals surface area contributed by atoms with Gasteiger partial charge in [-0.05, 0) is 54.4 Å². The van der Waals surface area contributed by atoms with Crippen molar-refractivity contribution in [1.82, 2.24) is 10.6 Å². The van der Waals surface area contributed by atoms with Crippen LogP contribution in [-0.4, -0.2) is 56.0 Å². The number of benzene rings is 2. The molecule has 188 valence electrons. The van der Waals surface area contributed by atoms with E-state index in [-0.39, 0.29) is 22.6 Å². The molecule has 10 nitrogen and oxygen atoms in total. The standard InChI is InChI=1S/C25H26N4O6S/c1-3-34-20-13-18(15-27-29-25-28-24(32)21(36-25)14-23(31)33-2)9-10-19(20)35-16-22(30)26-12-11-17-7-5-4-6-8-17/h4-10,13-15H,3,11-12,16H2,1-2H3,(H,26,30)(H,28,29,32)/b21-14+,27-15?. The van der Waals surface area contributed by atoms with Crippen LogP contribution in [0.3, 0.4) is 0 Å². The van der Waals surface area contributed by atoms with Gasteiger partial charge in [0.1, 0.15) is 0 Å². The zero-order chi connectivity index (χ0) is 25.8. The van der Waals surface area contributed by atoms with Gasteiger partial charge in [0.05, 0.1) is 24.8 Å². The molecule has 0 unspecified atom stereocenters. The highest BCUT2D eigenvalue weighted by molar-refractivity contribution is 8.18. The molecule has 0 bridgehead atoms. The lowest BCUT2D eigenvalue weighted by Gasteiger charge is -2.12. The number of esters is 1. The number of carbonyl (C=O) groups is 3. The number of carbonyl (C=O) groups excluding carboxylic acids is 3. The van der Waals surface area contributed by atoms with Crippen LogP contribution in [0.5, 0.6) is 11.5 Å². The monoisotopic (exact) mass is 510 g/mol. The maximum Gasteiger partial charge on any atom is 0.331 e. The van der Waals surface area contributed by atoms with Crippen LogP contribution in [0.25, 0.3) is 0 Å². The maximum atomic E-state index is 12.2. The van der Waals surface area contributed by atoms with Gasteiger partial charge in [-0.2, -0.15) is 5.10 Å². The van der Waals surface area contributed by atoms with Crippen LogP contribution in [0.4, 0.5) is 0 Å². The number of nitrogens with zero attached hydrogens (tertiary/aromatic N) is 2. The second-order valence-electron chi connectivity index (χ2n) is 7.25. The van der Waals surface area contributed by atoms with Crippen molar-refractivity contribution in [1.29, 1.82) is 0 Å². The van der Waals surface area contributed by atoms with Crippen molar-refractivity contribution in [2.24, 2.45) is 10.2 Å². The first-order chi connectivity index (χ1) is 17.5. The first-order valence-electron chi connectivity index (χ1n) is 11.1. The molecule has 0 aliphatic carbocycles. The van der Waals surface area contributed by atoms with Crippen LogP contribution in [0, 0.1) is 0 Å². The molecule has 2 N–H and O–H groups in total. The van der Waals surface area contributed by atoms with E-state index >= 15 is 0 Å². The second-order valence-corrected chi connectivity index (χ2v) is 8.28. The first kappa shape index (κ1) is 26.5. The highest BCUT2D eigenvalue weighted by Crippen LogP contribution is 2.28. The van der Waals surface area contributed by atoms with Gasteiger partial charge in [0.25, 0.3) is 11.8 Å². The quantitative estimate of drug-likeness (QED) is 0.206. The van der Waals surface area contributed by atoms with E-state index in [2.05, 4.69) is 25.6 Å². The van der Waals surface area contributed by atoms with Gasteiger partial charge in [-0.1, -0.05) is 30.3 Å². The average Bonchev–Trinajstić information content (AvgIpc) is 3.22. The number of nitrogens with one attached hydrogen (secondary N) is 2. The van der Waals surface area contributed by atoms with Crippen molar-refractivity contribution in [2.75, 3.05) is 26.9 Å². The number of rotatable bonds is 11. The summed E-state index contributed by atoms with van der Waals surface area (Å²) in [6.07, 6.45) is 3.30. The molecule has 2 amide bonds. The Balaban J connectivity index is 1.54. The summed E-state index contributed by atoms with van der Waals surface area (Å²) in [5, 5.41) is 13.5. The Morgan fingerprint density at radius 2 is 1.92 bits per heavy atom. The average molecular weight is 511 g/mol. The fourth-order valence-electron chi connectivity index (χ4n) is 2.97. The van der Waals surface area contributed by atoms with Crippen molar-refractivity contribution in [3.05, 3.63) is 70.6 Å². The van der Waals surface area contributed by atoms with E-state index in [0.717, 1.165) is 29.8 Å². The van der Waals surface area contributed by atoms with Gasteiger partial charge < -0.3 is 19.5 Å². The summed E-state index contributed by atoms with van der Waals surface area (Å²) >= 11 is 0.978. The second kappa shape index (κ2) is 13.7. The SMILES string of the molecule is CCOc1cc(C=N/N=C2/NC(=O)/C(=C\C(=O)OC)S2)ccc1OCC(=O)NCCc1ccccc1. The molecule has 1 aliphatic heterocycles. The lowest BCUT2D eigenvalue weighted by Crippen LogP contribution is -2.30. The van der Waals surface area contributed by atoms with Crippen molar-refractivity contribution in [2.45, 2.75) is 13.3 Å². The number of hydrogen-bond donors (Lipinski definition) is 2. The molecule has 0 spiro atoms. The van der Waals surface area contributed by atoms with E-state index in [1.807, 2.05) is 37.3 Å². The van der Waals surface area contributed by atoms with Crippen LogP contribution in [0.1, 0.15) is 18.1 Å². The number of amidine groups is 1. The molecule has 3 rings (SSSR count). The number of hydrogen-bond acceptors (Lipinski definition) is 9. The Bertz CT molecular complexity index is 1180. The molecule has 0 radical (unpaired) electrons. The fourth-order valence-corrected chi connectivity index (χ4v) is 3.71. The van der Waals surface area contributed by atoms with Gasteiger partial charge in [-0.25, -0.2) is 4.79 Å². The summed E-state index contributed by atoms with van der Waals surface area (Å²) in [6, 6.07) is 15.0. The summed E-state index contributed by atoms with van der Waals surface area (Å²) in [5.41, 5.74) is 1.81. The highest BCUT2D eigenvalue weighted by atomic mass is 32.2. The van der Waals surface area contributed by atoms with E-state index in [4.69, 9.17) is 9.47 Å². The summed E-state index contributed by atoms with van der Waals surface area (Å²) < 4.78 is 15.8. The molecule has 0 atom stereocenters. The minimum Gasteiger partial charge on any atom is -0.490 e. The minimum atomic E-state index is -0.632. The maximum absolute atomic E-state index is 12.2. The first-order valence-corrected chi connectivity index (χ1v) is 11.9. The molecule has 2 aromatic rings. The minimum absolute atomic E-state index is 0.145. The number of ether oxygens (including phenoxy) is 3. The number of amides is 2. The highest BCUT2D eigenvalue weighted by Gasteiger charge is 2.25. The summed E-state index contributed by atoms with van der Waals surface area (Å²) in [4.78, 5) is 35.5. The van der Waals surface area contributed by atoms with Crippen molar-refractivity contribution in [3.63, 3.8) is 0 Å². The van der Waals surface area contributed by atoms with E-state index < -0.39 is 11.9 Å². The van der Waals surface area contributed by atoms with Crippen LogP contribution in [0.15, 0.2) is 69.7 Å². The van der Waals surface area contributed by atoms with Gasteiger partial charge in [0, 0.05) is 12.6 Å². The number of thioether (sulfide) groups is 1. The smallest absolute Gasteiger partial charge is 0.331 e. The molecular weight excluding hydrogens is 484 g/mol. The molecule has 2 aromatic carbocycles. The largest absolute Gasteiger partial charge is 0.490 e. The summed E-state index contributed by atoms with van der Waals surface area (Å²) in [7, 11) is 1.23. The Morgan fingerprint density at radius 1 is 1.11 bits per heavy atom. The van der Waals surface area contributed by atoms with Gasteiger partial charge in [-0.3, -0.25) is 14.9 Å². The van der Waals surface area contributed by atoms with Crippen molar-refractivity contribution < 1.29 is 28.6 Å². The van der Waals surface area contributed by atoms with Crippen LogP contribution in [0.2, 0.25) is 0 Å². The Morgan fingerprint density at radius 3 is 2.67 bits per heavy atom. The van der Waals surface area contributed by atoms with Crippen LogP contribution >= 0.6 is 11.8 Å². The third-order valence-corrected chi connectivity index (χ3v) is 5.56. The van der Waals surface area contributed by atoms with Gasteiger partial charge in [0.2, 0.25) is 0 Å². The van der Waals surface area contributed by atoms with Crippen molar-refractivity contribution >= 4 is 40.9 Å². The zero-order valence-electron chi connectivity index (χ0n) is 19.9. The van der Waals surface area contributed by atoms with Crippen LogP contribution < -0.4 is 20.1 Å². The summed E-state index contributed by atoms with van der Waals surface area (Å²) in [6.45, 7) is 2.61. The summed E-state index contributed by atoms with van der Waals surface area (Å²) in [5.74, 6) is -0.434. The molecule has 1 saturated heterocycles. The zero-order valence-corrected chi connectivity index (χ0v) is 20.7. The Hall–Kier alpha value is -4.12. The van der Waals surface area contributed by atoms with Gasteiger partial charge in [-0.15, -0.1) is 5.10 Å².